The molecule has 0 saturated carbocycles. The van der Waals surface area contributed by atoms with Crippen LogP contribution in [0.2, 0.25) is 0 Å². The van der Waals surface area contributed by atoms with E-state index in [9.17, 15) is 19.5 Å². The van der Waals surface area contributed by atoms with Crippen LogP contribution in [0.4, 0.5) is 4.79 Å². The highest BCUT2D eigenvalue weighted by Gasteiger charge is 2.41. The Kier molecular flexibility index (Phi) is 6.31. The summed E-state index contributed by atoms with van der Waals surface area (Å²) in [6.07, 6.45) is 1.35. The number of carbonyl (C=O) groups is 3. The number of hydrogen-bond acceptors (Lipinski definition) is 5. The molecule has 2 N–H and O–H groups in total. The molecule has 2 aliphatic rings. The molecule has 1 atom stereocenters. The summed E-state index contributed by atoms with van der Waals surface area (Å²) in [5.41, 5.74) is -0.570. The van der Waals surface area contributed by atoms with Gasteiger partial charge in [0, 0.05) is 32.8 Å². The van der Waals surface area contributed by atoms with E-state index < -0.39 is 23.4 Å². The van der Waals surface area contributed by atoms with E-state index in [1.54, 1.807) is 6.92 Å². The topological polar surface area (TPSA) is 99.2 Å². The zero-order chi connectivity index (χ0) is 20.1. The van der Waals surface area contributed by atoms with Crippen LogP contribution < -0.4 is 5.32 Å². The molecule has 0 aliphatic carbocycles. The number of aliphatic hydroxyl groups is 1. The number of urea groups is 1. The number of benzene rings is 1. The van der Waals surface area contributed by atoms with Gasteiger partial charge in [-0.2, -0.15) is 0 Å². The maximum Gasteiger partial charge on any atom is 0.324 e. The molecule has 1 aromatic carbocycles. The zero-order valence-corrected chi connectivity index (χ0v) is 16.1. The van der Waals surface area contributed by atoms with Gasteiger partial charge in [-0.3, -0.25) is 14.5 Å². The highest BCUT2D eigenvalue weighted by Crippen LogP contribution is 2.35. The van der Waals surface area contributed by atoms with Gasteiger partial charge in [0.1, 0.15) is 5.60 Å². The van der Waals surface area contributed by atoms with E-state index in [1.165, 1.54) is 4.90 Å². The monoisotopic (exact) mass is 389 g/mol. The Morgan fingerprint density at radius 2 is 1.86 bits per heavy atom. The van der Waals surface area contributed by atoms with Crippen molar-refractivity contribution in [2.75, 3.05) is 39.4 Å². The quantitative estimate of drug-likeness (QED) is 0.723. The van der Waals surface area contributed by atoms with Gasteiger partial charge in [0.2, 0.25) is 0 Å². The number of likely N-dealkylation sites (N-methyl/N-ethyl adjacent to an activating group) is 1. The van der Waals surface area contributed by atoms with Crippen LogP contribution in [0, 0.1) is 5.92 Å². The number of carbonyl (C=O) groups excluding carboxylic acids is 3. The third kappa shape index (κ3) is 4.02. The van der Waals surface area contributed by atoms with Crippen LogP contribution in [0.25, 0.3) is 0 Å². The Bertz CT molecular complexity index is 720. The van der Waals surface area contributed by atoms with E-state index in [2.05, 4.69) is 5.32 Å². The van der Waals surface area contributed by atoms with Gasteiger partial charge in [-0.05, 0) is 31.2 Å². The van der Waals surface area contributed by atoms with Gasteiger partial charge in [-0.1, -0.05) is 30.3 Å². The van der Waals surface area contributed by atoms with Crippen LogP contribution in [-0.4, -0.2) is 72.1 Å². The first-order chi connectivity index (χ1) is 13.5. The highest BCUT2D eigenvalue weighted by atomic mass is 16.5. The van der Waals surface area contributed by atoms with Crippen molar-refractivity contribution < 1.29 is 24.2 Å². The minimum atomic E-state index is -1.28. The normalized spacial score (nSPS) is 20.8. The maximum absolute atomic E-state index is 12.6. The minimum Gasteiger partial charge on any atom is -0.383 e. The first-order valence-electron chi connectivity index (χ1n) is 9.71. The summed E-state index contributed by atoms with van der Waals surface area (Å²) in [5, 5.41) is 14.2. The zero-order valence-electron chi connectivity index (χ0n) is 16.1. The van der Waals surface area contributed by atoms with Gasteiger partial charge in [-0.25, -0.2) is 4.79 Å². The summed E-state index contributed by atoms with van der Waals surface area (Å²) in [7, 11) is 0. The lowest BCUT2D eigenvalue weighted by atomic mass is 9.77. The lowest BCUT2D eigenvalue weighted by Crippen LogP contribution is -2.59. The number of ether oxygens (including phenoxy) is 1. The summed E-state index contributed by atoms with van der Waals surface area (Å²) in [6, 6.07) is 8.55. The van der Waals surface area contributed by atoms with Crippen molar-refractivity contribution in [3.05, 3.63) is 35.9 Å². The Morgan fingerprint density at radius 3 is 2.50 bits per heavy atom. The summed E-state index contributed by atoms with van der Waals surface area (Å²) in [5.74, 6) is -1.59. The second-order valence-corrected chi connectivity index (χ2v) is 7.18. The molecule has 1 unspecified atom stereocenters. The molecule has 2 heterocycles. The van der Waals surface area contributed by atoms with E-state index >= 15 is 0 Å². The predicted octanol–water partition coefficient (Wildman–Crippen LogP) is 0.701. The van der Waals surface area contributed by atoms with Crippen molar-refractivity contribution in [3.8, 4) is 0 Å². The molecular weight excluding hydrogens is 362 g/mol. The molecule has 1 aromatic rings. The summed E-state index contributed by atoms with van der Waals surface area (Å²) >= 11 is 0. The Labute approximate surface area is 164 Å². The number of hydrogen-bond donors (Lipinski definition) is 2. The van der Waals surface area contributed by atoms with Crippen molar-refractivity contribution in [3.63, 3.8) is 0 Å². The van der Waals surface area contributed by atoms with Crippen LogP contribution in [-0.2, 0) is 19.9 Å². The van der Waals surface area contributed by atoms with Crippen LogP contribution in [0.1, 0.15) is 25.3 Å². The van der Waals surface area contributed by atoms with Crippen molar-refractivity contribution in [2.45, 2.75) is 25.4 Å². The molecule has 3 rings (SSSR count). The van der Waals surface area contributed by atoms with Crippen LogP contribution in [0.15, 0.2) is 30.3 Å². The van der Waals surface area contributed by atoms with Crippen molar-refractivity contribution >= 4 is 17.8 Å². The summed E-state index contributed by atoms with van der Waals surface area (Å²) in [6.45, 7) is 3.74. The van der Waals surface area contributed by atoms with Crippen LogP contribution in [0.3, 0.4) is 0 Å². The van der Waals surface area contributed by atoms with E-state index in [0.717, 1.165) is 4.90 Å². The molecule has 0 radical (unpaired) electrons. The predicted molar refractivity (Wildman–Crippen MR) is 101 cm³/mol. The standard InChI is InChI=1S/C20H27N3O5/c1-2-22-10-11-23(18(25)17(22)24)19(26)21-14-20(27,15-6-4-3-5-7-15)16-8-12-28-13-9-16/h3-7,16,27H,2,8-14H2,1H3,(H,21,26). The van der Waals surface area contributed by atoms with E-state index in [1.807, 2.05) is 30.3 Å². The Hall–Kier alpha value is -2.45. The molecule has 8 nitrogen and oxygen atoms in total. The van der Waals surface area contributed by atoms with Gasteiger partial charge in [0.25, 0.3) is 0 Å². The van der Waals surface area contributed by atoms with Crippen molar-refractivity contribution in [1.29, 1.82) is 0 Å². The number of piperazine rings is 1. The lowest BCUT2D eigenvalue weighted by Gasteiger charge is -2.39. The highest BCUT2D eigenvalue weighted by molar-refractivity contribution is 6.38. The third-order valence-electron chi connectivity index (χ3n) is 5.62. The van der Waals surface area contributed by atoms with Crippen molar-refractivity contribution in [1.82, 2.24) is 15.1 Å². The smallest absolute Gasteiger partial charge is 0.324 e. The maximum atomic E-state index is 12.6. The molecule has 152 valence electrons. The van der Waals surface area contributed by atoms with Crippen LogP contribution in [0.5, 0.6) is 0 Å². The lowest BCUT2D eigenvalue weighted by molar-refractivity contribution is -0.153. The minimum absolute atomic E-state index is 0.0457. The average Bonchev–Trinajstić information content (AvgIpc) is 2.75. The molecule has 8 heteroatoms. The summed E-state index contributed by atoms with van der Waals surface area (Å²) in [4.78, 5) is 39.2. The first kappa shape index (κ1) is 20.3. The largest absolute Gasteiger partial charge is 0.383 e. The second kappa shape index (κ2) is 8.70. The van der Waals surface area contributed by atoms with E-state index in [4.69, 9.17) is 4.74 Å². The van der Waals surface area contributed by atoms with Gasteiger partial charge in [0.05, 0.1) is 6.54 Å². The van der Waals surface area contributed by atoms with Gasteiger partial charge in [-0.15, -0.1) is 0 Å². The summed E-state index contributed by atoms with van der Waals surface area (Å²) < 4.78 is 5.40. The first-order valence-corrected chi connectivity index (χ1v) is 9.71. The number of nitrogens with zero attached hydrogens (tertiary/aromatic N) is 2. The molecule has 2 aliphatic heterocycles. The fraction of sp³-hybridized carbons (Fsp3) is 0.550. The van der Waals surface area contributed by atoms with Gasteiger partial charge in [0.15, 0.2) is 0 Å². The molecule has 0 bridgehead atoms. The third-order valence-corrected chi connectivity index (χ3v) is 5.62. The molecule has 0 aromatic heterocycles. The molecule has 28 heavy (non-hydrogen) atoms. The SMILES string of the molecule is CCN1CCN(C(=O)NCC(O)(c2ccccc2)C2CCOCC2)C(=O)C1=O. The Morgan fingerprint density at radius 1 is 1.18 bits per heavy atom. The number of amides is 4. The number of imide groups is 1. The van der Waals surface area contributed by atoms with E-state index in [0.29, 0.717) is 44.7 Å². The molecular formula is C20H27N3O5. The van der Waals surface area contributed by atoms with Gasteiger partial charge < -0.3 is 20.1 Å². The van der Waals surface area contributed by atoms with Crippen LogP contribution >= 0.6 is 0 Å². The number of rotatable bonds is 5. The Balaban J connectivity index is 1.72. The number of nitrogens with one attached hydrogen (secondary N) is 1. The molecule has 4 amide bonds. The molecule has 2 fully saturated rings. The fourth-order valence-electron chi connectivity index (χ4n) is 3.86. The molecule has 2 saturated heterocycles. The molecule has 0 spiro atoms. The van der Waals surface area contributed by atoms with E-state index in [-0.39, 0.29) is 19.0 Å². The average molecular weight is 389 g/mol. The second-order valence-electron chi connectivity index (χ2n) is 7.18. The fourth-order valence-corrected chi connectivity index (χ4v) is 3.86. The van der Waals surface area contributed by atoms with Crippen molar-refractivity contribution in [2.24, 2.45) is 5.92 Å². The van der Waals surface area contributed by atoms with Gasteiger partial charge >= 0.3 is 17.8 Å².